The molecule has 0 saturated carbocycles. The molecule has 2 aromatic rings. The Labute approximate surface area is 124 Å². The predicted octanol–water partition coefficient (Wildman–Crippen LogP) is 2.47. The fourth-order valence-corrected chi connectivity index (χ4v) is 1.97. The van der Waals surface area contributed by atoms with Crippen molar-refractivity contribution in [2.75, 3.05) is 12.5 Å². The number of hydrogen-bond acceptors (Lipinski definition) is 4. The first-order chi connectivity index (χ1) is 10.1. The fourth-order valence-electron chi connectivity index (χ4n) is 1.97. The lowest BCUT2D eigenvalue weighted by atomic mass is 10.1. The van der Waals surface area contributed by atoms with E-state index in [0.29, 0.717) is 5.56 Å². The third-order valence-corrected chi connectivity index (χ3v) is 3.28. The number of amides is 1. The zero-order valence-corrected chi connectivity index (χ0v) is 12.1. The van der Waals surface area contributed by atoms with Gasteiger partial charge in [0, 0.05) is 11.3 Å². The largest absolute Gasteiger partial charge is 0.497 e. The van der Waals surface area contributed by atoms with Crippen LogP contribution in [0.5, 0.6) is 5.75 Å². The minimum Gasteiger partial charge on any atom is -0.497 e. The maximum atomic E-state index is 12.2. The molecule has 0 saturated heterocycles. The number of benzene rings is 2. The molecule has 0 aliphatic heterocycles. The second-order valence-electron chi connectivity index (χ2n) is 4.69. The zero-order chi connectivity index (χ0) is 15.2. The summed E-state index contributed by atoms with van der Waals surface area (Å²) in [5.74, 6) is 5.97. The van der Waals surface area contributed by atoms with E-state index in [1.807, 2.05) is 31.2 Å². The van der Waals surface area contributed by atoms with Crippen molar-refractivity contribution in [3.05, 3.63) is 59.7 Å². The van der Waals surface area contributed by atoms with Crippen LogP contribution in [0.2, 0.25) is 0 Å². The third-order valence-electron chi connectivity index (χ3n) is 3.28. The average molecular weight is 285 g/mol. The summed E-state index contributed by atoms with van der Waals surface area (Å²) in [6.07, 6.45) is 0. The van der Waals surface area contributed by atoms with E-state index in [9.17, 15) is 4.79 Å². The van der Waals surface area contributed by atoms with E-state index in [2.05, 4.69) is 10.7 Å². The minimum absolute atomic E-state index is 0.0873. The molecule has 4 N–H and O–H groups in total. The van der Waals surface area contributed by atoms with Gasteiger partial charge in [-0.2, -0.15) is 0 Å². The fraction of sp³-hybridized carbons (Fsp3) is 0.188. The van der Waals surface area contributed by atoms with Crippen LogP contribution in [0, 0.1) is 0 Å². The number of anilines is 1. The van der Waals surface area contributed by atoms with Crippen LogP contribution in [0.3, 0.4) is 0 Å². The van der Waals surface area contributed by atoms with Crippen LogP contribution in [0.1, 0.15) is 28.9 Å². The van der Waals surface area contributed by atoms with E-state index in [1.165, 1.54) is 0 Å². The first kappa shape index (κ1) is 14.9. The van der Waals surface area contributed by atoms with Crippen molar-refractivity contribution < 1.29 is 9.53 Å². The highest BCUT2D eigenvalue weighted by Crippen LogP contribution is 2.18. The molecular weight excluding hydrogens is 266 g/mol. The van der Waals surface area contributed by atoms with Gasteiger partial charge in [-0.05, 0) is 48.9 Å². The van der Waals surface area contributed by atoms with Crippen molar-refractivity contribution in [2.45, 2.75) is 13.0 Å². The van der Waals surface area contributed by atoms with E-state index < -0.39 is 0 Å². The average Bonchev–Trinajstić information content (AvgIpc) is 2.55. The number of nitrogens with one attached hydrogen (secondary N) is 2. The molecule has 2 rings (SSSR count). The van der Waals surface area contributed by atoms with Gasteiger partial charge >= 0.3 is 0 Å². The minimum atomic E-state index is -0.123. The van der Waals surface area contributed by atoms with Gasteiger partial charge in [-0.1, -0.05) is 12.1 Å². The van der Waals surface area contributed by atoms with Crippen LogP contribution in [0.15, 0.2) is 48.5 Å². The number of carbonyl (C=O) groups is 1. The first-order valence-corrected chi connectivity index (χ1v) is 6.65. The summed E-state index contributed by atoms with van der Waals surface area (Å²) in [6.45, 7) is 1.94. The molecule has 5 heteroatoms. The Bertz CT molecular complexity index is 594. The smallest absolute Gasteiger partial charge is 0.251 e. The molecule has 21 heavy (non-hydrogen) atoms. The van der Waals surface area contributed by atoms with Gasteiger partial charge in [-0.3, -0.25) is 10.6 Å². The molecule has 110 valence electrons. The number of carbonyl (C=O) groups excluding carboxylic acids is 1. The van der Waals surface area contributed by atoms with Crippen molar-refractivity contribution in [3.63, 3.8) is 0 Å². The highest BCUT2D eigenvalue weighted by atomic mass is 16.5. The summed E-state index contributed by atoms with van der Waals surface area (Å²) < 4.78 is 5.12. The van der Waals surface area contributed by atoms with Gasteiger partial charge in [-0.25, -0.2) is 0 Å². The summed E-state index contributed by atoms with van der Waals surface area (Å²) in [7, 11) is 1.63. The summed E-state index contributed by atoms with van der Waals surface area (Å²) in [5.41, 5.74) is 4.90. The molecule has 0 radical (unpaired) electrons. The quantitative estimate of drug-likeness (QED) is 0.582. The summed E-state index contributed by atoms with van der Waals surface area (Å²) in [4.78, 5) is 12.2. The van der Waals surface area contributed by atoms with Crippen molar-refractivity contribution in [2.24, 2.45) is 5.84 Å². The Hall–Kier alpha value is -2.53. The summed E-state index contributed by atoms with van der Waals surface area (Å²) in [5, 5.41) is 2.96. The normalized spacial score (nSPS) is 11.6. The first-order valence-electron chi connectivity index (χ1n) is 6.65. The van der Waals surface area contributed by atoms with Gasteiger partial charge < -0.3 is 15.5 Å². The van der Waals surface area contributed by atoms with Crippen LogP contribution in [-0.4, -0.2) is 13.0 Å². The highest BCUT2D eigenvalue weighted by Gasteiger charge is 2.11. The summed E-state index contributed by atoms with van der Waals surface area (Å²) in [6, 6.07) is 14.5. The number of methoxy groups -OCH3 is 1. The molecule has 0 aromatic heterocycles. The Morgan fingerprint density at radius 1 is 1.10 bits per heavy atom. The van der Waals surface area contributed by atoms with Gasteiger partial charge in [0.05, 0.1) is 13.2 Å². The van der Waals surface area contributed by atoms with Crippen molar-refractivity contribution in [1.29, 1.82) is 0 Å². The van der Waals surface area contributed by atoms with E-state index in [4.69, 9.17) is 10.6 Å². The lowest BCUT2D eigenvalue weighted by molar-refractivity contribution is 0.0940. The second kappa shape index (κ2) is 6.76. The van der Waals surface area contributed by atoms with Gasteiger partial charge in [0.25, 0.3) is 5.91 Å². The standard InChI is InChI=1S/C16H19N3O2/c1-11(12-5-9-15(21-2)10-6-12)18-16(20)13-3-7-14(19-17)8-4-13/h3-11,19H,17H2,1-2H3,(H,18,20). The van der Waals surface area contributed by atoms with Gasteiger partial charge in [0.1, 0.15) is 5.75 Å². The second-order valence-corrected chi connectivity index (χ2v) is 4.69. The van der Waals surface area contributed by atoms with Gasteiger partial charge in [0.15, 0.2) is 0 Å². The molecule has 0 spiro atoms. The van der Waals surface area contributed by atoms with Crippen LogP contribution >= 0.6 is 0 Å². The number of ether oxygens (including phenoxy) is 1. The van der Waals surface area contributed by atoms with E-state index in [-0.39, 0.29) is 11.9 Å². The third kappa shape index (κ3) is 3.73. The number of hydrazine groups is 1. The molecule has 0 aliphatic rings. The SMILES string of the molecule is COc1ccc(C(C)NC(=O)c2ccc(NN)cc2)cc1. The van der Waals surface area contributed by atoms with Gasteiger partial charge in [0.2, 0.25) is 0 Å². The van der Waals surface area contributed by atoms with E-state index in [0.717, 1.165) is 17.0 Å². The number of nitrogen functional groups attached to an aromatic ring is 1. The maximum absolute atomic E-state index is 12.2. The molecule has 1 atom stereocenters. The van der Waals surface area contributed by atoms with Crippen molar-refractivity contribution in [1.82, 2.24) is 5.32 Å². The molecule has 1 unspecified atom stereocenters. The topological polar surface area (TPSA) is 76.4 Å². The molecule has 0 fully saturated rings. The zero-order valence-electron chi connectivity index (χ0n) is 12.1. The predicted molar refractivity (Wildman–Crippen MR) is 83.1 cm³/mol. The number of hydrogen-bond donors (Lipinski definition) is 3. The molecule has 0 heterocycles. The van der Waals surface area contributed by atoms with Crippen molar-refractivity contribution >= 4 is 11.6 Å². The highest BCUT2D eigenvalue weighted by molar-refractivity contribution is 5.94. The molecule has 5 nitrogen and oxygen atoms in total. The number of rotatable bonds is 5. The molecular formula is C16H19N3O2. The summed E-state index contributed by atoms with van der Waals surface area (Å²) >= 11 is 0. The van der Waals surface area contributed by atoms with Crippen LogP contribution in [0.25, 0.3) is 0 Å². The maximum Gasteiger partial charge on any atom is 0.251 e. The lowest BCUT2D eigenvalue weighted by Crippen LogP contribution is -2.26. The van der Waals surface area contributed by atoms with Crippen LogP contribution in [-0.2, 0) is 0 Å². The number of nitrogens with two attached hydrogens (primary N) is 1. The molecule has 2 aromatic carbocycles. The molecule has 1 amide bonds. The van der Waals surface area contributed by atoms with E-state index >= 15 is 0 Å². The molecule has 0 aliphatic carbocycles. The Morgan fingerprint density at radius 2 is 1.71 bits per heavy atom. The van der Waals surface area contributed by atoms with Gasteiger partial charge in [-0.15, -0.1) is 0 Å². The van der Waals surface area contributed by atoms with Crippen LogP contribution in [0.4, 0.5) is 5.69 Å². The Balaban J connectivity index is 2.03. The van der Waals surface area contributed by atoms with Crippen molar-refractivity contribution in [3.8, 4) is 5.75 Å². The van der Waals surface area contributed by atoms with E-state index in [1.54, 1.807) is 31.4 Å². The van der Waals surface area contributed by atoms with Crippen LogP contribution < -0.4 is 21.3 Å². The molecule has 0 bridgehead atoms. The Morgan fingerprint density at radius 3 is 2.24 bits per heavy atom. The lowest BCUT2D eigenvalue weighted by Gasteiger charge is -2.15. The monoisotopic (exact) mass is 285 g/mol. The Kier molecular flexibility index (Phi) is 4.79.